The SMILES string of the molecule is C=CCc1cc(C=NN2C(=O)C3C4C=CC(C4)C3C2=O)cc(OCC)c1OCc1ccccc1. The second kappa shape index (κ2) is 9.29. The summed E-state index contributed by atoms with van der Waals surface area (Å²) in [4.78, 5) is 25.8. The molecule has 6 heteroatoms. The maximum Gasteiger partial charge on any atom is 0.254 e. The number of hydrazone groups is 1. The largest absolute Gasteiger partial charge is 0.490 e. The molecule has 0 radical (unpaired) electrons. The van der Waals surface area contributed by atoms with E-state index in [1.54, 1.807) is 12.3 Å². The van der Waals surface area contributed by atoms with Crippen LogP contribution in [0.1, 0.15) is 30.0 Å². The third-order valence-corrected chi connectivity index (χ3v) is 6.81. The van der Waals surface area contributed by atoms with E-state index < -0.39 is 0 Å². The summed E-state index contributed by atoms with van der Waals surface area (Å²) in [7, 11) is 0. The third-order valence-electron chi connectivity index (χ3n) is 6.81. The lowest BCUT2D eigenvalue weighted by Crippen LogP contribution is -2.28. The molecule has 0 aromatic heterocycles. The number of carbonyl (C=O) groups excluding carboxylic acids is 2. The summed E-state index contributed by atoms with van der Waals surface area (Å²) in [5.41, 5.74) is 2.68. The fraction of sp³-hybridized carbons (Fsp3) is 0.321. The third kappa shape index (κ3) is 3.94. The van der Waals surface area contributed by atoms with Crippen molar-refractivity contribution in [2.75, 3.05) is 6.61 Å². The summed E-state index contributed by atoms with van der Waals surface area (Å²) in [5, 5.41) is 5.38. The lowest BCUT2D eigenvalue weighted by Gasteiger charge is -2.17. The van der Waals surface area contributed by atoms with Crippen molar-refractivity contribution in [3.05, 3.63) is 84.0 Å². The van der Waals surface area contributed by atoms with Crippen LogP contribution in [0.3, 0.4) is 0 Å². The number of fused-ring (bicyclic) bond motifs is 5. The number of allylic oxidation sites excluding steroid dienone is 3. The highest BCUT2D eigenvalue weighted by Crippen LogP contribution is 2.52. The van der Waals surface area contributed by atoms with Crippen LogP contribution in [0.15, 0.2) is 72.4 Å². The van der Waals surface area contributed by atoms with Crippen LogP contribution in [0.25, 0.3) is 0 Å². The van der Waals surface area contributed by atoms with Gasteiger partial charge >= 0.3 is 0 Å². The van der Waals surface area contributed by atoms with Crippen molar-refractivity contribution in [1.29, 1.82) is 0 Å². The molecule has 0 N–H and O–H groups in total. The number of ether oxygens (including phenoxy) is 2. The minimum Gasteiger partial charge on any atom is -0.490 e. The van der Waals surface area contributed by atoms with Gasteiger partial charge in [0.1, 0.15) is 6.61 Å². The van der Waals surface area contributed by atoms with Crippen molar-refractivity contribution < 1.29 is 19.1 Å². The highest BCUT2D eigenvalue weighted by molar-refractivity contribution is 6.06. The lowest BCUT2D eigenvalue weighted by atomic mass is 9.85. The van der Waals surface area contributed by atoms with Gasteiger partial charge in [-0.3, -0.25) is 9.59 Å². The van der Waals surface area contributed by atoms with Gasteiger partial charge in [0.25, 0.3) is 11.8 Å². The van der Waals surface area contributed by atoms with Gasteiger partial charge in [-0.2, -0.15) is 10.1 Å². The average Bonchev–Trinajstić information content (AvgIpc) is 3.52. The van der Waals surface area contributed by atoms with Crippen LogP contribution in [0.5, 0.6) is 11.5 Å². The molecule has 2 aliphatic carbocycles. The molecule has 0 spiro atoms. The number of hydrogen-bond acceptors (Lipinski definition) is 5. The quantitative estimate of drug-likeness (QED) is 0.316. The van der Waals surface area contributed by atoms with Gasteiger partial charge in [-0.1, -0.05) is 48.6 Å². The van der Waals surface area contributed by atoms with Crippen molar-refractivity contribution in [3.8, 4) is 11.5 Å². The molecule has 174 valence electrons. The van der Waals surface area contributed by atoms with E-state index in [4.69, 9.17) is 9.47 Å². The van der Waals surface area contributed by atoms with E-state index in [1.165, 1.54) is 0 Å². The van der Waals surface area contributed by atoms with Crippen molar-refractivity contribution >= 4 is 18.0 Å². The highest BCUT2D eigenvalue weighted by Gasteiger charge is 2.59. The Morgan fingerprint density at radius 2 is 1.76 bits per heavy atom. The summed E-state index contributed by atoms with van der Waals surface area (Å²) >= 11 is 0. The maximum atomic E-state index is 12.9. The van der Waals surface area contributed by atoms with E-state index >= 15 is 0 Å². The summed E-state index contributed by atoms with van der Waals surface area (Å²) in [6, 6.07) is 13.7. The molecule has 2 aromatic rings. The van der Waals surface area contributed by atoms with Crippen molar-refractivity contribution in [2.24, 2.45) is 28.8 Å². The predicted molar refractivity (Wildman–Crippen MR) is 129 cm³/mol. The molecule has 1 heterocycles. The molecule has 2 amide bonds. The van der Waals surface area contributed by atoms with Crippen LogP contribution < -0.4 is 9.47 Å². The monoisotopic (exact) mass is 456 g/mol. The van der Waals surface area contributed by atoms with Crippen molar-refractivity contribution in [1.82, 2.24) is 5.01 Å². The topological polar surface area (TPSA) is 68.2 Å². The van der Waals surface area contributed by atoms with Gasteiger partial charge in [-0.25, -0.2) is 0 Å². The Bertz CT molecular complexity index is 1140. The molecular formula is C28H28N2O4. The first kappa shape index (κ1) is 22.1. The minimum absolute atomic E-state index is 0.163. The maximum absolute atomic E-state index is 12.9. The fourth-order valence-corrected chi connectivity index (χ4v) is 5.35. The fourth-order valence-electron chi connectivity index (χ4n) is 5.35. The molecule has 4 atom stereocenters. The van der Waals surface area contributed by atoms with Crippen LogP contribution >= 0.6 is 0 Å². The lowest BCUT2D eigenvalue weighted by molar-refractivity contribution is -0.140. The zero-order valence-electron chi connectivity index (χ0n) is 19.2. The first-order chi connectivity index (χ1) is 16.6. The first-order valence-corrected chi connectivity index (χ1v) is 11.8. The predicted octanol–water partition coefficient (Wildman–Crippen LogP) is 4.53. The number of carbonyl (C=O) groups is 2. The van der Waals surface area contributed by atoms with E-state index in [2.05, 4.69) is 23.8 Å². The number of nitrogens with zero attached hydrogens (tertiary/aromatic N) is 2. The molecule has 2 aromatic carbocycles. The van der Waals surface area contributed by atoms with Crippen LogP contribution in [0.2, 0.25) is 0 Å². The van der Waals surface area contributed by atoms with Gasteiger partial charge in [0.2, 0.25) is 0 Å². The zero-order chi connectivity index (χ0) is 23.7. The smallest absolute Gasteiger partial charge is 0.254 e. The van der Waals surface area contributed by atoms with Crippen LogP contribution in [-0.2, 0) is 22.6 Å². The minimum atomic E-state index is -0.260. The van der Waals surface area contributed by atoms with Gasteiger partial charge in [-0.05, 0) is 54.9 Å². The zero-order valence-corrected chi connectivity index (χ0v) is 19.2. The van der Waals surface area contributed by atoms with Crippen molar-refractivity contribution in [3.63, 3.8) is 0 Å². The summed E-state index contributed by atoms with van der Waals surface area (Å²) < 4.78 is 12.1. The number of hydrogen-bond donors (Lipinski definition) is 0. The van der Waals surface area contributed by atoms with E-state index in [1.807, 2.05) is 49.4 Å². The van der Waals surface area contributed by atoms with Crippen LogP contribution in [0, 0.1) is 23.7 Å². The molecule has 2 fully saturated rings. The number of amides is 2. The molecule has 4 unspecified atom stereocenters. The molecular weight excluding hydrogens is 428 g/mol. The Balaban J connectivity index is 1.40. The summed E-state index contributed by atoms with van der Waals surface area (Å²) in [6.45, 7) is 6.66. The molecule has 1 saturated carbocycles. The van der Waals surface area contributed by atoms with Gasteiger partial charge in [0.15, 0.2) is 11.5 Å². The average molecular weight is 457 g/mol. The van der Waals surface area contributed by atoms with Crippen molar-refractivity contribution in [2.45, 2.75) is 26.4 Å². The number of rotatable bonds is 9. The molecule has 34 heavy (non-hydrogen) atoms. The van der Waals surface area contributed by atoms with Gasteiger partial charge in [-0.15, -0.1) is 6.58 Å². The molecule has 1 aliphatic heterocycles. The second-order valence-electron chi connectivity index (χ2n) is 8.94. The highest BCUT2D eigenvalue weighted by atomic mass is 16.5. The molecule has 3 aliphatic rings. The van der Waals surface area contributed by atoms with E-state index in [9.17, 15) is 9.59 Å². The van der Waals surface area contributed by atoms with E-state index in [0.29, 0.717) is 31.1 Å². The summed E-state index contributed by atoms with van der Waals surface area (Å²) in [5.74, 6) is 0.676. The van der Waals surface area contributed by atoms with E-state index in [-0.39, 0.29) is 35.5 Å². The Hall–Kier alpha value is -3.67. The van der Waals surface area contributed by atoms with Crippen LogP contribution in [-0.4, -0.2) is 29.6 Å². The first-order valence-electron chi connectivity index (χ1n) is 11.8. The van der Waals surface area contributed by atoms with Crippen LogP contribution in [0.4, 0.5) is 0 Å². The van der Waals surface area contributed by atoms with E-state index in [0.717, 1.165) is 28.1 Å². The second-order valence-corrected chi connectivity index (χ2v) is 8.94. The van der Waals surface area contributed by atoms with Gasteiger partial charge in [0.05, 0.1) is 24.7 Å². The number of imide groups is 1. The Kier molecular flexibility index (Phi) is 6.05. The Morgan fingerprint density at radius 3 is 2.41 bits per heavy atom. The molecule has 5 rings (SSSR count). The summed E-state index contributed by atoms with van der Waals surface area (Å²) in [6.07, 6.45) is 8.99. The Labute approximate surface area is 199 Å². The molecule has 1 saturated heterocycles. The van der Waals surface area contributed by atoms with Gasteiger partial charge in [0, 0.05) is 5.56 Å². The molecule has 6 nitrogen and oxygen atoms in total. The number of benzene rings is 2. The standard InChI is InChI=1S/C28H28N2O4/c1-3-8-22-13-19(14-23(33-4-2)26(22)34-17-18-9-6-5-7-10-18)16-29-30-27(31)24-20-11-12-21(15-20)25(24)28(30)32/h3,5-7,9-14,16,20-21,24-25H,1,4,8,15,17H2,2H3. The normalized spacial score (nSPS) is 24.8. The molecule has 2 bridgehead atoms. The Morgan fingerprint density at radius 1 is 1.06 bits per heavy atom. The van der Waals surface area contributed by atoms with Gasteiger partial charge < -0.3 is 9.47 Å².